The van der Waals surface area contributed by atoms with Crippen LogP contribution in [0, 0.1) is 0 Å². The average molecular weight is 565 g/mol. The van der Waals surface area contributed by atoms with Crippen LogP contribution in [0.5, 0.6) is 0 Å². The number of ether oxygens (including phenoxy) is 4. The van der Waals surface area contributed by atoms with Gasteiger partial charge >= 0.3 is 24.0 Å². The number of rotatable bonds is 11. The van der Waals surface area contributed by atoms with Crippen LogP contribution in [0.1, 0.15) is 87.1 Å². The standard InChI is InChI=1S/C29H44N2O9/c1-27(2,3)38-22(32)16-15-20(31-26(36)37-18-19-13-11-10-12-14-19)24(34)30-21(25(35)40-29(7,8)9)17-23(33)39-28(4,5)6/h10-14,20-21H,15-18H2,1-9H3,(H,30,34)(H,31,36)/t20-,21-/m0/s1. The first-order chi connectivity index (χ1) is 18.2. The lowest BCUT2D eigenvalue weighted by atomic mass is 10.1. The van der Waals surface area contributed by atoms with Gasteiger partial charge in [-0.05, 0) is 74.3 Å². The van der Waals surface area contributed by atoms with Crippen LogP contribution >= 0.6 is 0 Å². The van der Waals surface area contributed by atoms with Gasteiger partial charge < -0.3 is 29.6 Å². The number of carbonyl (C=O) groups excluding carboxylic acids is 5. The lowest BCUT2D eigenvalue weighted by Crippen LogP contribution is -2.53. The summed E-state index contributed by atoms with van der Waals surface area (Å²) in [5.41, 5.74) is -1.73. The Balaban J connectivity index is 3.07. The van der Waals surface area contributed by atoms with Gasteiger partial charge in [0.05, 0.1) is 6.42 Å². The van der Waals surface area contributed by atoms with Crippen LogP contribution in [0.3, 0.4) is 0 Å². The fraction of sp³-hybridized carbons (Fsp3) is 0.621. The van der Waals surface area contributed by atoms with Crippen LogP contribution in [0.25, 0.3) is 0 Å². The van der Waals surface area contributed by atoms with Crippen molar-refractivity contribution >= 4 is 29.9 Å². The molecular formula is C29H44N2O9. The number of benzene rings is 1. The molecule has 0 unspecified atom stereocenters. The molecule has 0 bridgehead atoms. The summed E-state index contributed by atoms with van der Waals surface area (Å²) in [6.45, 7) is 15.0. The maximum Gasteiger partial charge on any atom is 0.408 e. The zero-order valence-corrected chi connectivity index (χ0v) is 25.0. The number of esters is 3. The van der Waals surface area contributed by atoms with Gasteiger partial charge in [0.15, 0.2) is 0 Å². The lowest BCUT2D eigenvalue weighted by Gasteiger charge is -2.27. The van der Waals surface area contributed by atoms with E-state index >= 15 is 0 Å². The lowest BCUT2D eigenvalue weighted by molar-refractivity contribution is -0.165. The van der Waals surface area contributed by atoms with Crippen molar-refractivity contribution in [3.63, 3.8) is 0 Å². The highest BCUT2D eigenvalue weighted by atomic mass is 16.6. The van der Waals surface area contributed by atoms with E-state index in [-0.39, 0.29) is 19.4 Å². The molecule has 0 aliphatic rings. The first kappa shape index (κ1) is 34.4. The first-order valence-electron chi connectivity index (χ1n) is 13.2. The third-order valence-corrected chi connectivity index (χ3v) is 4.68. The number of alkyl carbamates (subject to hydrolysis) is 1. The number of hydrogen-bond acceptors (Lipinski definition) is 9. The molecule has 0 heterocycles. The maximum absolute atomic E-state index is 13.3. The number of carbonyl (C=O) groups is 5. The molecular weight excluding hydrogens is 520 g/mol. The first-order valence-corrected chi connectivity index (χ1v) is 13.2. The second-order valence-corrected chi connectivity index (χ2v) is 12.3. The molecule has 0 saturated carbocycles. The van der Waals surface area contributed by atoms with Crippen LogP contribution in [-0.2, 0) is 44.7 Å². The fourth-order valence-corrected chi connectivity index (χ4v) is 3.22. The van der Waals surface area contributed by atoms with E-state index in [0.29, 0.717) is 0 Å². The molecule has 40 heavy (non-hydrogen) atoms. The molecule has 224 valence electrons. The summed E-state index contributed by atoms with van der Waals surface area (Å²) in [5, 5.41) is 4.91. The van der Waals surface area contributed by atoms with Gasteiger partial charge in [0, 0.05) is 6.42 Å². The zero-order chi connectivity index (χ0) is 30.7. The van der Waals surface area contributed by atoms with Crippen molar-refractivity contribution in [2.24, 2.45) is 0 Å². The monoisotopic (exact) mass is 564 g/mol. The smallest absolute Gasteiger partial charge is 0.408 e. The Kier molecular flexibility index (Phi) is 12.6. The van der Waals surface area contributed by atoms with Gasteiger partial charge in [0.25, 0.3) is 0 Å². The topological polar surface area (TPSA) is 146 Å². The second kappa shape index (κ2) is 14.7. The van der Waals surface area contributed by atoms with Crippen molar-refractivity contribution in [3.05, 3.63) is 35.9 Å². The Morgan fingerprint density at radius 2 is 1.23 bits per heavy atom. The van der Waals surface area contributed by atoms with Gasteiger partial charge in [-0.1, -0.05) is 30.3 Å². The molecule has 1 aromatic rings. The summed E-state index contributed by atoms with van der Waals surface area (Å²) in [6.07, 6.45) is -1.78. The van der Waals surface area contributed by atoms with Crippen molar-refractivity contribution in [2.75, 3.05) is 0 Å². The molecule has 0 aliphatic carbocycles. The predicted octanol–water partition coefficient (Wildman–Crippen LogP) is 3.96. The van der Waals surface area contributed by atoms with Crippen molar-refractivity contribution in [2.45, 2.75) is 117 Å². The molecule has 11 heteroatoms. The largest absolute Gasteiger partial charge is 0.460 e. The highest BCUT2D eigenvalue weighted by molar-refractivity contribution is 5.92. The summed E-state index contributed by atoms with van der Waals surface area (Å²) in [4.78, 5) is 63.6. The van der Waals surface area contributed by atoms with E-state index in [4.69, 9.17) is 18.9 Å². The minimum absolute atomic E-state index is 0.0493. The SMILES string of the molecule is CC(C)(C)OC(=O)CC[C@H](NC(=O)OCc1ccccc1)C(=O)N[C@@H](CC(=O)OC(C)(C)C)C(=O)OC(C)(C)C. The van der Waals surface area contributed by atoms with Gasteiger partial charge in [-0.2, -0.15) is 0 Å². The quantitative estimate of drug-likeness (QED) is 0.301. The van der Waals surface area contributed by atoms with Crippen molar-refractivity contribution < 1.29 is 42.9 Å². The number of hydrogen-bond donors (Lipinski definition) is 2. The second-order valence-electron chi connectivity index (χ2n) is 12.3. The number of nitrogens with one attached hydrogen (secondary N) is 2. The minimum Gasteiger partial charge on any atom is -0.460 e. The third-order valence-electron chi connectivity index (χ3n) is 4.68. The van der Waals surface area contributed by atoms with E-state index in [9.17, 15) is 24.0 Å². The van der Waals surface area contributed by atoms with E-state index < -0.39 is 65.2 Å². The minimum atomic E-state index is -1.41. The summed E-state index contributed by atoms with van der Waals surface area (Å²) in [5.74, 6) is -2.99. The predicted molar refractivity (Wildman–Crippen MR) is 147 cm³/mol. The van der Waals surface area contributed by atoms with E-state index in [2.05, 4.69) is 10.6 Å². The van der Waals surface area contributed by atoms with E-state index in [1.54, 1.807) is 86.6 Å². The Labute approximate surface area is 236 Å². The molecule has 0 saturated heterocycles. The maximum atomic E-state index is 13.3. The Hall–Kier alpha value is -3.63. The van der Waals surface area contributed by atoms with Gasteiger partial charge in [0.2, 0.25) is 5.91 Å². The summed E-state index contributed by atoms with van der Waals surface area (Å²) >= 11 is 0. The summed E-state index contributed by atoms with van der Waals surface area (Å²) < 4.78 is 21.2. The van der Waals surface area contributed by atoms with Gasteiger partial charge in [0.1, 0.15) is 35.5 Å². The van der Waals surface area contributed by atoms with Crippen molar-refractivity contribution in [1.29, 1.82) is 0 Å². The van der Waals surface area contributed by atoms with E-state index in [1.807, 2.05) is 6.07 Å². The van der Waals surface area contributed by atoms with Crippen LogP contribution in [0.15, 0.2) is 30.3 Å². The highest BCUT2D eigenvalue weighted by Gasteiger charge is 2.33. The van der Waals surface area contributed by atoms with Crippen molar-refractivity contribution in [3.8, 4) is 0 Å². The molecule has 1 rings (SSSR count). The zero-order valence-electron chi connectivity index (χ0n) is 25.0. The third kappa shape index (κ3) is 15.7. The van der Waals surface area contributed by atoms with Crippen LogP contribution in [0.2, 0.25) is 0 Å². The molecule has 11 nitrogen and oxygen atoms in total. The molecule has 0 spiro atoms. The van der Waals surface area contributed by atoms with E-state index in [1.165, 1.54) is 0 Å². The molecule has 0 radical (unpaired) electrons. The number of amides is 2. The average Bonchev–Trinajstić information content (AvgIpc) is 2.77. The Bertz CT molecular complexity index is 1020. The van der Waals surface area contributed by atoms with Gasteiger partial charge in [-0.15, -0.1) is 0 Å². The molecule has 0 fully saturated rings. The molecule has 2 amide bonds. The molecule has 2 atom stereocenters. The van der Waals surface area contributed by atoms with E-state index in [0.717, 1.165) is 5.56 Å². The highest BCUT2D eigenvalue weighted by Crippen LogP contribution is 2.15. The molecule has 1 aromatic carbocycles. The summed E-state index contributed by atoms with van der Waals surface area (Å²) in [7, 11) is 0. The van der Waals surface area contributed by atoms with Crippen molar-refractivity contribution in [1.82, 2.24) is 10.6 Å². The molecule has 0 aliphatic heterocycles. The van der Waals surface area contributed by atoms with Crippen LogP contribution in [-0.4, -0.2) is 58.8 Å². The fourth-order valence-electron chi connectivity index (χ4n) is 3.22. The van der Waals surface area contributed by atoms with Gasteiger partial charge in [-0.25, -0.2) is 9.59 Å². The molecule has 2 N–H and O–H groups in total. The Morgan fingerprint density at radius 1 is 0.700 bits per heavy atom. The summed E-state index contributed by atoms with van der Waals surface area (Å²) in [6, 6.07) is 6.22. The molecule has 0 aromatic heterocycles. The normalized spacial score (nSPS) is 13.3. The van der Waals surface area contributed by atoms with Gasteiger partial charge in [-0.3, -0.25) is 14.4 Å². The van der Waals surface area contributed by atoms with Crippen LogP contribution < -0.4 is 10.6 Å². The van der Waals surface area contributed by atoms with Crippen LogP contribution in [0.4, 0.5) is 4.79 Å². The Morgan fingerprint density at radius 3 is 1.75 bits per heavy atom.